The van der Waals surface area contributed by atoms with Gasteiger partial charge in [-0.1, -0.05) is 24.3 Å². The highest BCUT2D eigenvalue weighted by Gasteiger charge is 2.40. The molecule has 0 saturated carbocycles. The summed E-state index contributed by atoms with van der Waals surface area (Å²) in [5.74, 6) is -4.08. The molecule has 196 valence electrons. The van der Waals surface area contributed by atoms with Gasteiger partial charge in [-0.3, -0.25) is 14.6 Å². The Kier molecular flexibility index (Phi) is 8.65. The van der Waals surface area contributed by atoms with Crippen LogP contribution >= 0.6 is 23.2 Å². The monoisotopic (exact) mass is 544 g/mol. The molecule has 2 fully saturated rings. The third-order valence-corrected chi connectivity index (χ3v) is 8.37. The van der Waals surface area contributed by atoms with Crippen LogP contribution in [0.5, 0.6) is 0 Å². The Hall–Kier alpha value is -1.67. The fourth-order valence-electron chi connectivity index (χ4n) is 5.78. The Labute approximate surface area is 219 Å². The molecule has 0 radical (unpaired) electrons. The van der Waals surface area contributed by atoms with E-state index in [0.717, 1.165) is 12.8 Å². The number of halogens is 6. The number of carbonyl (C=O) groups excluding carboxylic acids is 1. The van der Waals surface area contributed by atoms with E-state index < -0.39 is 47.4 Å². The summed E-state index contributed by atoms with van der Waals surface area (Å²) in [6.07, 6.45) is 2.70. The van der Waals surface area contributed by atoms with Crippen molar-refractivity contribution in [2.45, 2.75) is 75.5 Å². The van der Waals surface area contributed by atoms with E-state index in [2.05, 4.69) is 0 Å². The minimum Gasteiger partial charge on any atom is -0.296 e. The molecule has 2 aliphatic rings. The Morgan fingerprint density at radius 1 is 0.778 bits per heavy atom. The van der Waals surface area contributed by atoms with Crippen molar-refractivity contribution < 1.29 is 22.4 Å². The predicted octanol–water partition coefficient (Wildman–Crippen LogP) is 7.04. The molecule has 2 aromatic rings. The van der Waals surface area contributed by atoms with Crippen LogP contribution in [0.3, 0.4) is 0 Å². The Morgan fingerprint density at radius 3 is 1.53 bits per heavy atom. The zero-order valence-electron chi connectivity index (χ0n) is 20.3. The molecule has 4 unspecified atom stereocenters. The summed E-state index contributed by atoms with van der Waals surface area (Å²) in [4.78, 5) is 17.5. The van der Waals surface area contributed by atoms with Crippen LogP contribution in [0.25, 0.3) is 0 Å². The van der Waals surface area contributed by atoms with Crippen molar-refractivity contribution in [2.24, 2.45) is 0 Å². The van der Waals surface area contributed by atoms with Gasteiger partial charge in [0, 0.05) is 34.3 Å². The van der Waals surface area contributed by atoms with Crippen LogP contribution in [0.2, 0.25) is 0 Å². The van der Waals surface area contributed by atoms with Crippen molar-refractivity contribution in [1.82, 2.24) is 9.80 Å². The molecule has 2 saturated heterocycles. The predicted molar refractivity (Wildman–Crippen MR) is 133 cm³/mol. The highest BCUT2D eigenvalue weighted by atomic mass is 35.5. The molecular formula is C27H30Cl2F4N2O. The summed E-state index contributed by atoms with van der Waals surface area (Å²) in [6, 6.07) is 4.09. The van der Waals surface area contributed by atoms with Crippen molar-refractivity contribution in [3.8, 4) is 0 Å². The average Bonchev–Trinajstić information content (AvgIpc) is 3.56. The largest absolute Gasteiger partial charge is 0.296 e. The third-order valence-electron chi connectivity index (χ3n) is 7.80. The second-order valence-electron chi connectivity index (χ2n) is 9.70. The summed E-state index contributed by atoms with van der Waals surface area (Å²) in [5.41, 5.74) is 0.648. The molecule has 0 N–H and O–H groups in total. The Morgan fingerprint density at radius 2 is 1.17 bits per heavy atom. The maximum absolute atomic E-state index is 14.9. The zero-order chi connectivity index (χ0) is 26.1. The van der Waals surface area contributed by atoms with Crippen molar-refractivity contribution in [3.05, 3.63) is 69.8 Å². The van der Waals surface area contributed by atoms with E-state index in [9.17, 15) is 22.4 Å². The molecule has 0 aliphatic carbocycles. The lowest BCUT2D eigenvalue weighted by molar-refractivity contribution is -0.129. The molecule has 0 amide bonds. The van der Waals surface area contributed by atoms with Crippen molar-refractivity contribution >= 4 is 29.0 Å². The van der Waals surface area contributed by atoms with Gasteiger partial charge < -0.3 is 0 Å². The second-order valence-corrected chi connectivity index (χ2v) is 10.2. The molecule has 9 heteroatoms. The third kappa shape index (κ3) is 4.92. The first-order chi connectivity index (χ1) is 17.2. The van der Waals surface area contributed by atoms with Crippen molar-refractivity contribution in [1.29, 1.82) is 0 Å². The molecule has 3 nitrogen and oxygen atoms in total. The SMILES string of the molecule is CC(C(=O)C(C)N1CCCC1c1ccc(CCl)c(F)c1F)N1CCCC1c1ccc(CCl)c(F)c1F. The fourth-order valence-corrected chi connectivity index (χ4v) is 6.19. The number of alkyl halides is 2. The van der Waals surface area contributed by atoms with Gasteiger partial charge in [-0.15, -0.1) is 23.2 Å². The number of Topliss-reactive ketones (excluding diaryl/α,β-unsaturated/α-hetero) is 1. The molecule has 2 aromatic carbocycles. The van der Waals surface area contributed by atoms with Gasteiger partial charge in [-0.05, 0) is 52.6 Å². The summed E-state index contributed by atoms with van der Waals surface area (Å²) >= 11 is 11.4. The van der Waals surface area contributed by atoms with E-state index >= 15 is 0 Å². The molecule has 36 heavy (non-hydrogen) atoms. The summed E-state index contributed by atoms with van der Waals surface area (Å²) in [7, 11) is 0. The lowest BCUT2D eigenvalue weighted by Gasteiger charge is -2.36. The van der Waals surface area contributed by atoms with Gasteiger partial charge in [0.25, 0.3) is 0 Å². The molecule has 4 rings (SSSR count). The number of nitrogens with zero attached hydrogens (tertiary/aromatic N) is 2. The van der Waals surface area contributed by atoms with Gasteiger partial charge in [-0.25, -0.2) is 17.6 Å². The van der Waals surface area contributed by atoms with Crippen LogP contribution in [0.4, 0.5) is 17.6 Å². The smallest absolute Gasteiger partial charge is 0.166 e. The van der Waals surface area contributed by atoms with Crippen molar-refractivity contribution in [3.63, 3.8) is 0 Å². The number of likely N-dealkylation sites (tertiary alicyclic amines) is 2. The molecule has 0 aromatic heterocycles. The van der Waals surface area contributed by atoms with Crippen LogP contribution in [0.1, 0.15) is 73.9 Å². The van der Waals surface area contributed by atoms with Crippen LogP contribution in [0.15, 0.2) is 24.3 Å². The van der Waals surface area contributed by atoms with Gasteiger partial charge >= 0.3 is 0 Å². The quantitative estimate of drug-likeness (QED) is 0.263. The molecule has 4 atom stereocenters. The lowest BCUT2D eigenvalue weighted by atomic mass is 9.97. The van der Waals surface area contributed by atoms with Crippen LogP contribution in [-0.2, 0) is 16.6 Å². The minimum absolute atomic E-state index is 0.0923. The number of rotatable bonds is 8. The highest BCUT2D eigenvalue weighted by molar-refractivity contribution is 6.17. The summed E-state index contributed by atoms with van der Waals surface area (Å²) in [6.45, 7) is 4.70. The van der Waals surface area contributed by atoms with Crippen LogP contribution in [-0.4, -0.2) is 40.8 Å². The number of hydrogen-bond acceptors (Lipinski definition) is 3. The first kappa shape index (κ1) is 27.4. The highest BCUT2D eigenvalue weighted by Crippen LogP contribution is 2.39. The van der Waals surface area contributed by atoms with Gasteiger partial charge in [0.2, 0.25) is 0 Å². The summed E-state index contributed by atoms with van der Waals surface area (Å²) in [5, 5.41) is 0. The second kappa shape index (κ2) is 11.4. The normalized spacial score (nSPS) is 22.8. The minimum atomic E-state index is -0.948. The maximum Gasteiger partial charge on any atom is 0.166 e. The Balaban J connectivity index is 1.55. The van der Waals surface area contributed by atoms with E-state index in [4.69, 9.17) is 23.2 Å². The van der Waals surface area contributed by atoms with Crippen LogP contribution in [0, 0.1) is 23.3 Å². The van der Waals surface area contributed by atoms with Crippen LogP contribution < -0.4 is 0 Å². The fraction of sp³-hybridized carbons (Fsp3) is 0.519. The number of ketones is 1. The van der Waals surface area contributed by atoms with E-state index in [1.54, 1.807) is 26.0 Å². The molecule has 2 aliphatic heterocycles. The number of carbonyl (C=O) groups is 1. The maximum atomic E-state index is 14.9. The molecule has 2 heterocycles. The number of benzene rings is 2. The first-order valence-corrected chi connectivity index (χ1v) is 13.4. The van der Waals surface area contributed by atoms with Gasteiger partial charge in [-0.2, -0.15) is 0 Å². The molecule has 0 spiro atoms. The standard InChI is InChI=1S/C27H30Cl2F4N2O/c1-15(34-11-3-5-21(34)19-9-7-17(13-28)23(30)25(19)32)27(36)16(2)35-12-4-6-22(35)20-10-8-18(14-29)24(31)26(20)33/h7-10,15-16,21-22H,3-6,11-14H2,1-2H3. The Bertz CT molecular complexity index is 1050. The lowest BCUT2D eigenvalue weighted by Crippen LogP contribution is -2.48. The molecular weight excluding hydrogens is 515 g/mol. The zero-order valence-corrected chi connectivity index (χ0v) is 21.9. The first-order valence-electron chi connectivity index (χ1n) is 12.3. The van der Waals surface area contributed by atoms with Gasteiger partial charge in [0.05, 0.1) is 23.8 Å². The van der Waals surface area contributed by atoms with Gasteiger partial charge in [0.15, 0.2) is 29.1 Å². The topological polar surface area (TPSA) is 23.6 Å². The van der Waals surface area contributed by atoms with Crippen molar-refractivity contribution in [2.75, 3.05) is 13.1 Å². The van der Waals surface area contributed by atoms with E-state index in [1.807, 2.05) is 9.80 Å². The van der Waals surface area contributed by atoms with E-state index in [1.165, 1.54) is 12.1 Å². The average molecular weight is 545 g/mol. The van der Waals surface area contributed by atoms with Gasteiger partial charge in [0.1, 0.15) is 0 Å². The number of hydrogen-bond donors (Lipinski definition) is 0. The van der Waals surface area contributed by atoms with E-state index in [0.29, 0.717) is 25.9 Å². The summed E-state index contributed by atoms with van der Waals surface area (Å²) < 4.78 is 58.6. The molecule has 0 bridgehead atoms. The van der Waals surface area contributed by atoms with E-state index in [-0.39, 0.29) is 39.8 Å².